The Kier molecular flexibility index (Phi) is 4.75. The third kappa shape index (κ3) is 3.17. The lowest BCUT2D eigenvalue weighted by atomic mass is 9.95. The Bertz CT molecular complexity index is 720. The molecular weight excluding hydrogens is 328 g/mol. The minimum Gasteiger partial charge on any atom is -0.352 e. The fourth-order valence-electron chi connectivity index (χ4n) is 4.32. The second kappa shape index (κ2) is 7.16. The number of nitrogens with zero attached hydrogens (tertiary/aromatic N) is 3. The van der Waals surface area contributed by atoms with Crippen molar-refractivity contribution >= 4 is 17.3 Å². The Labute approximate surface area is 155 Å². The quantitative estimate of drug-likeness (QED) is 0.826. The van der Waals surface area contributed by atoms with Crippen LogP contribution in [0.1, 0.15) is 68.4 Å². The van der Waals surface area contributed by atoms with E-state index in [1.165, 1.54) is 37.7 Å². The van der Waals surface area contributed by atoms with E-state index in [9.17, 15) is 0 Å². The maximum absolute atomic E-state index is 5.61. The van der Waals surface area contributed by atoms with Crippen molar-refractivity contribution in [2.24, 2.45) is 0 Å². The molecule has 2 atom stereocenters. The van der Waals surface area contributed by atoms with Gasteiger partial charge in [-0.25, -0.2) is 0 Å². The highest BCUT2D eigenvalue weighted by atomic mass is 32.1. The average Bonchev–Trinajstić information content (AvgIpc) is 3.27. The molecule has 0 aromatic carbocycles. The average molecular weight is 355 g/mol. The zero-order valence-corrected chi connectivity index (χ0v) is 15.6. The Hall–Kier alpha value is -1.88. The van der Waals surface area contributed by atoms with Gasteiger partial charge in [0.1, 0.15) is 0 Å². The zero-order chi connectivity index (χ0) is 17.2. The van der Waals surface area contributed by atoms with Crippen molar-refractivity contribution in [3.8, 4) is 0 Å². The van der Waals surface area contributed by atoms with Crippen LogP contribution in [0.25, 0.3) is 0 Å². The van der Waals surface area contributed by atoms with Crippen molar-refractivity contribution in [1.82, 2.24) is 19.8 Å². The van der Waals surface area contributed by atoms with Crippen molar-refractivity contribution in [3.05, 3.63) is 54.1 Å². The summed E-state index contributed by atoms with van der Waals surface area (Å²) in [6.07, 6.45) is 13.2. The molecule has 5 heteroatoms. The van der Waals surface area contributed by atoms with Crippen LogP contribution in [-0.2, 0) is 0 Å². The van der Waals surface area contributed by atoms with E-state index in [-0.39, 0.29) is 12.1 Å². The Morgan fingerprint density at radius 1 is 1.20 bits per heavy atom. The monoisotopic (exact) mass is 354 g/mol. The van der Waals surface area contributed by atoms with Crippen LogP contribution >= 0.6 is 12.2 Å². The number of likely N-dealkylation sites (N-methyl/N-ethyl adjacent to an activating group) is 1. The summed E-state index contributed by atoms with van der Waals surface area (Å²) in [6.45, 7) is 3.06. The van der Waals surface area contributed by atoms with Crippen LogP contribution in [0.2, 0.25) is 0 Å². The molecular formula is C20H26N4S. The standard InChI is InChI=1S/C20H26N4S/c1-2-24-19(18(22-20(24)25)17-10-6-7-12-21-17)15-11-13-23(14-15)16-8-4-3-5-9-16/h6-7,10-14,16,18-19H,2-5,8-9H2,1H3,(H,22,25)/t18-,19-/m0/s1. The van der Waals surface area contributed by atoms with E-state index in [4.69, 9.17) is 12.2 Å². The summed E-state index contributed by atoms with van der Waals surface area (Å²) in [7, 11) is 0. The molecule has 4 rings (SSSR count). The molecule has 2 aromatic rings. The smallest absolute Gasteiger partial charge is 0.170 e. The minimum absolute atomic E-state index is 0.107. The first kappa shape index (κ1) is 16.6. The van der Waals surface area contributed by atoms with E-state index in [1.54, 1.807) is 0 Å². The predicted molar refractivity (Wildman–Crippen MR) is 104 cm³/mol. The molecule has 4 nitrogen and oxygen atoms in total. The van der Waals surface area contributed by atoms with Gasteiger partial charge in [-0.3, -0.25) is 4.98 Å². The molecule has 2 aliphatic rings. The van der Waals surface area contributed by atoms with Crippen LogP contribution in [0.15, 0.2) is 42.9 Å². The summed E-state index contributed by atoms with van der Waals surface area (Å²) in [5.41, 5.74) is 2.38. The summed E-state index contributed by atoms with van der Waals surface area (Å²) in [5, 5.41) is 4.32. The number of rotatable bonds is 4. The summed E-state index contributed by atoms with van der Waals surface area (Å²) >= 11 is 5.61. The summed E-state index contributed by atoms with van der Waals surface area (Å²) in [5.74, 6) is 0. The number of thiocarbonyl (C=S) groups is 1. The largest absolute Gasteiger partial charge is 0.352 e. The number of aromatic nitrogens is 2. The lowest BCUT2D eigenvalue weighted by molar-refractivity contribution is 0.326. The molecule has 1 aliphatic heterocycles. The summed E-state index contributed by atoms with van der Waals surface area (Å²) in [4.78, 5) is 6.87. The molecule has 1 N–H and O–H groups in total. The third-order valence-corrected chi connectivity index (χ3v) is 5.97. The van der Waals surface area contributed by atoms with Crippen LogP contribution in [0.5, 0.6) is 0 Å². The first-order chi connectivity index (χ1) is 12.3. The van der Waals surface area contributed by atoms with Gasteiger partial charge in [0.2, 0.25) is 0 Å². The van der Waals surface area contributed by atoms with E-state index in [1.807, 2.05) is 18.3 Å². The molecule has 0 unspecified atom stereocenters. The molecule has 0 spiro atoms. The van der Waals surface area contributed by atoms with Gasteiger partial charge in [0.25, 0.3) is 0 Å². The molecule has 1 saturated carbocycles. The fourth-order valence-corrected chi connectivity index (χ4v) is 4.69. The van der Waals surface area contributed by atoms with Crippen LogP contribution in [0.4, 0.5) is 0 Å². The van der Waals surface area contributed by atoms with Crippen molar-refractivity contribution in [2.45, 2.75) is 57.2 Å². The highest BCUT2D eigenvalue weighted by Gasteiger charge is 2.39. The molecule has 2 aromatic heterocycles. The third-order valence-electron chi connectivity index (χ3n) is 5.61. The SMILES string of the molecule is CCN1C(=S)N[C@@H](c2ccccn2)[C@@H]1c1ccn(C2CCCCC2)c1. The maximum Gasteiger partial charge on any atom is 0.170 e. The van der Waals surface area contributed by atoms with Gasteiger partial charge in [0.15, 0.2) is 5.11 Å². The lowest BCUT2D eigenvalue weighted by Gasteiger charge is -2.26. The number of hydrogen-bond donors (Lipinski definition) is 1. The first-order valence-electron chi connectivity index (χ1n) is 9.43. The Morgan fingerprint density at radius 3 is 2.76 bits per heavy atom. The number of hydrogen-bond acceptors (Lipinski definition) is 2. The maximum atomic E-state index is 5.61. The molecule has 0 amide bonds. The highest BCUT2D eigenvalue weighted by molar-refractivity contribution is 7.80. The van der Waals surface area contributed by atoms with E-state index >= 15 is 0 Å². The summed E-state index contributed by atoms with van der Waals surface area (Å²) in [6, 6.07) is 9.34. The number of nitrogens with one attached hydrogen (secondary N) is 1. The van der Waals surface area contributed by atoms with Gasteiger partial charge in [-0.05, 0) is 55.7 Å². The molecule has 132 valence electrons. The fraction of sp³-hybridized carbons (Fsp3) is 0.500. The van der Waals surface area contributed by atoms with Crippen molar-refractivity contribution < 1.29 is 0 Å². The van der Waals surface area contributed by atoms with E-state index < -0.39 is 0 Å². The van der Waals surface area contributed by atoms with Crippen molar-refractivity contribution in [3.63, 3.8) is 0 Å². The van der Waals surface area contributed by atoms with E-state index in [0.29, 0.717) is 6.04 Å². The molecule has 1 saturated heterocycles. The first-order valence-corrected chi connectivity index (χ1v) is 9.84. The lowest BCUT2D eigenvalue weighted by Crippen LogP contribution is -2.29. The van der Waals surface area contributed by atoms with Gasteiger partial charge in [0, 0.05) is 31.2 Å². The van der Waals surface area contributed by atoms with Crippen LogP contribution < -0.4 is 5.32 Å². The Morgan fingerprint density at radius 2 is 2.04 bits per heavy atom. The van der Waals surface area contributed by atoms with Gasteiger partial charge in [-0.1, -0.05) is 25.3 Å². The minimum atomic E-state index is 0.107. The van der Waals surface area contributed by atoms with Crippen LogP contribution in [0, 0.1) is 0 Å². The topological polar surface area (TPSA) is 33.1 Å². The van der Waals surface area contributed by atoms with Crippen LogP contribution in [-0.4, -0.2) is 26.1 Å². The normalized spacial score (nSPS) is 24.5. The second-order valence-corrected chi connectivity index (χ2v) is 7.48. The molecule has 25 heavy (non-hydrogen) atoms. The molecule has 2 fully saturated rings. The number of pyridine rings is 1. The van der Waals surface area contributed by atoms with Gasteiger partial charge in [0.05, 0.1) is 17.8 Å². The zero-order valence-electron chi connectivity index (χ0n) is 14.8. The highest BCUT2D eigenvalue weighted by Crippen LogP contribution is 2.39. The van der Waals surface area contributed by atoms with Crippen LogP contribution in [0.3, 0.4) is 0 Å². The molecule has 0 bridgehead atoms. The van der Waals surface area contributed by atoms with Gasteiger partial charge >= 0.3 is 0 Å². The van der Waals surface area contributed by atoms with E-state index in [0.717, 1.165) is 17.4 Å². The van der Waals surface area contributed by atoms with E-state index in [2.05, 4.69) is 51.2 Å². The summed E-state index contributed by atoms with van der Waals surface area (Å²) < 4.78 is 2.43. The molecule has 1 aliphatic carbocycles. The van der Waals surface area contributed by atoms with Crippen molar-refractivity contribution in [2.75, 3.05) is 6.54 Å². The molecule has 3 heterocycles. The second-order valence-electron chi connectivity index (χ2n) is 7.10. The van der Waals surface area contributed by atoms with Gasteiger partial charge < -0.3 is 14.8 Å². The van der Waals surface area contributed by atoms with Gasteiger partial charge in [-0.2, -0.15) is 0 Å². The Balaban J connectivity index is 1.65. The predicted octanol–water partition coefficient (Wildman–Crippen LogP) is 4.38. The molecule has 0 radical (unpaired) electrons. The van der Waals surface area contributed by atoms with Crippen molar-refractivity contribution in [1.29, 1.82) is 0 Å². The van der Waals surface area contributed by atoms with Gasteiger partial charge in [-0.15, -0.1) is 0 Å².